The van der Waals surface area contributed by atoms with Crippen LogP contribution in [0.2, 0.25) is 0 Å². The van der Waals surface area contributed by atoms with Crippen molar-refractivity contribution >= 4 is 23.5 Å². The molecule has 1 aromatic carbocycles. The van der Waals surface area contributed by atoms with Gasteiger partial charge in [0.1, 0.15) is 0 Å². The first kappa shape index (κ1) is 13.1. The Balaban J connectivity index is 2.48. The zero-order valence-corrected chi connectivity index (χ0v) is 11.3. The van der Waals surface area contributed by atoms with Gasteiger partial charge in [0.25, 0.3) is 0 Å². The van der Waals surface area contributed by atoms with E-state index in [0.29, 0.717) is 6.54 Å². The van der Waals surface area contributed by atoms with Crippen molar-refractivity contribution in [2.24, 2.45) is 0 Å². The third kappa shape index (κ3) is 2.15. The molecule has 5 nitrogen and oxygen atoms in total. The van der Waals surface area contributed by atoms with E-state index < -0.39 is 16.1 Å². The van der Waals surface area contributed by atoms with Crippen molar-refractivity contribution in [3.05, 3.63) is 29.3 Å². The molecule has 1 aliphatic rings. The molecule has 1 heterocycles. The summed E-state index contributed by atoms with van der Waals surface area (Å²) in [5.74, 6) is -0.0982. The molecule has 96 valence electrons. The van der Waals surface area contributed by atoms with Crippen LogP contribution in [0, 0.1) is 0 Å². The Morgan fingerprint density at radius 2 is 2.17 bits per heavy atom. The molecule has 0 saturated carbocycles. The Morgan fingerprint density at radius 3 is 2.67 bits per heavy atom. The van der Waals surface area contributed by atoms with Gasteiger partial charge in [-0.25, -0.2) is 8.42 Å². The van der Waals surface area contributed by atoms with Gasteiger partial charge in [0.2, 0.25) is 7.85 Å². The lowest BCUT2D eigenvalue weighted by molar-refractivity contribution is 0.00624. The molecular weight excluding hydrogens is 253 g/mol. The van der Waals surface area contributed by atoms with Crippen LogP contribution in [0.25, 0.3) is 0 Å². The van der Waals surface area contributed by atoms with E-state index in [9.17, 15) is 13.2 Å². The molecule has 1 amide bonds. The third-order valence-corrected chi connectivity index (χ3v) is 4.17. The van der Waals surface area contributed by atoms with E-state index in [-0.39, 0.29) is 10.7 Å². The van der Waals surface area contributed by atoms with Crippen molar-refractivity contribution in [2.45, 2.75) is 17.7 Å². The molecular formula is C11H14BNO4S. The summed E-state index contributed by atoms with van der Waals surface area (Å²) in [6, 6.07) is 4.87. The number of carbonyl (C=O) groups excluding carboxylic acids is 1. The molecule has 1 aromatic rings. The molecule has 0 aliphatic carbocycles. The summed E-state index contributed by atoms with van der Waals surface area (Å²) in [5.41, 5.74) is 1.67. The van der Waals surface area contributed by atoms with Crippen molar-refractivity contribution < 1.29 is 17.9 Å². The SMILES string of the molecule is BC(=O)N1Cc2cc(S(C)(=O)=O)ccc2C1OC. The fourth-order valence-electron chi connectivity index (χ4n) is 2.16. The average molecular weight is 267 g/mol. The smallest absolute Gasteiger partial charge is 0.216 e. The fraction of sp³-hybridized carbons (Fsp3) is 0.364. The minimum atomic E-state index is -3.23. The van der Waals surface area contributed by atoms with Crippen molar-refractivity contribution in [3.8, 4) is 0 Å². The van der Waals surface area contributed by atoms with Crippen molar-refractivity contribution in [2.75, 3.05) is 13.4 Å². The standard InChI is InChI=1S/C11H14BNO4S/c1-17-10-9-4-3-8(18(2,15)16)5-7(9)6-13(10)11(12)14/h3-5,10H,6,12H2,1-2H3. The third-order valence-electron chi connectivity index (χ3n) is 3.06. The number of hydrogen-bond acceptors (Lipinski definition) is 4. The lowest BCUT2D eigenvalue weighted by Gasteiger charge is -2.22. The predicted molar refractivity (Wildman–Crippen MR) is 68.8 cm³/mol. The first-order valence-electron chi connectivity index (χ1n) is 5.47. The summed E-state index contributed by atoms with van der Waals surface area (Å²) in [5, 5.41) is 0. The van der Waals surface area contributed by atoms with Crippen LogP contribution < -0.4 is 0 Å². The van der Waals surface area contributed by atoms with E-state index in [1.54, 1.807) is 23.1 Å². The van der Waals surface area contributed by atoms with Crippen LogP contribution in [0.5, 0.6) is 0 Å². The van der Waals surface area contributed by atoms with Crippen LogP contribution in [-0.4, -0.2) is 40.3 Å². The van der Waals surface area contributed by atoms with Crippen LogP contribution in [0.4, 0.5) is 4.79 Å². The maximum Gasteiger partial charge on any atom is 0.216 e. The lowest BCUT2D eigenvalue weighted by atomic mass is 10.1. The van der Waals surface area contributed by atoms with Gasteiger partial charge in [-0.15, -0.1) is 0 Å². The molecule has 2 rings (SSSR count). The van der Waals surface area contributed by atoms with E-state index in [1.807, 2.05) is 0 Å². The second kappa shape index (κ2) is 4.40. The molecule has 0 radical (unpaired) electrons. The van der Waals surface area contributed by atoms with Gasteiger partial charge in [-0.05, 0) is 17.7 Å². The number of benzene rings is 1. The molecule has 0 fully saturated rings. The van der Waals surface area contributed by atoms with Crippen LogP contribution in [0.3, 0.4) is 0 Å². The number of sulfone groups is 1. The highest BCUT2D eigenvalue weighted by molar-refractivity contribution is 7.90. The predicted octanol–water partition coefficient (Wildman–Crippen LogP) is 0.304. The molecule has 1 atom stereocenters. The highest BCUT2D eigenvalue weighted by Crippen LogP contribution is 2.35. The van der Waals surface area contributed by atoms with E-state index in [1.165, 1.54) is 21.2 Å². The average Bonchev–Trinajstić information content (AvgIpc) is 2.65. The van der Waals surface area contributed by atoms with E-state index in [2.05, 4.69) is 0 Å². The number of hydrogen-bond donors (Lipinski definition) is 0. The van der Waals surface area contributed by atoms with E-state index in [4.69, 9.17) is 4.74 Å². The number of rotatable bonds is 2. The summed E-state index contributed by atoms with van der Waals surface area (Å²) in [6.45, 7) is 0.381. The Morgan fingerprint density at radius 1 is 1.50 bits per heavy atom. The maximum absolute atomic E-state index is 11.5. The van der Waals surface area contributed by atoms with Crippen molar-refractivity contribution in [1.82, 2.24) is 4.90 Å². The topological polar surface area (TPSA) is 63.7 Å². The highest BCUT2D eigenvalue weighted by atomic mass is 32.2. The largest absolute Gasteiger partial charge is 0.357 e. The lowest BCUT2D eigenvalue weighted by Crippen LogP contribution is -2.29. The highest BCUT2D eigenvalue weighted by Gasteiger charge is 2.32. The Hall–Kier alpha value is -1.34. The van der Waals surface area contributed by atoms with Gasteiger partial charge in [-0.3, -0.25) is 4.79 Å². The molecule has 0 spiro atoms. The molecule has 7 heteroatoms. The molecule has 0 saturated heterocycles. The maximum atomic E-state index is 11.5. The van der Waals surface area contributed by atoms with Gasteiger partial charge >= 0.3 is 0 Å². The Labute approximate surface area is 107 Å². The molecule has 0 bridgehead atoms. The number of ether oxygens (including phenoxy) is 1. The quantitative estimate of drug-likeness (QED) is 0.723. The summed E-state index contributed by atoms with van der Waals surface area (Å²) in [7, 11) is -0.235. The first-order chi connectivity index (χ1) is 8.34. The molecule has 0 aromatic heterocycles. The molecule has 1 aliphatic heterocycles. The zero-order valence-electron chi connectivity index (χ0n) is 10.5. The minimum Gasteiger partial charge on any atom is -0.357 e. The first-order valence-corrected chi connectivity index (χ1v) is 7.36. The summed E-state index contributed by atoms with van der Waals surface area (Å²) in [6.07, 6.45) is 0.742. The zero-order chi connectivity index (χ0) is 13.5. The fourth-order valence-corrected chi connectivity index (χ4v) is 2.83. The van der Waals surface area contributed by atoms with Crippen LogP contribution >= 0.6 is 0 Å². The second-order valence-electron chi connectivity index (χ2n) is 4.37. The van der Waals surface area contributed by atoms with Gasteiger partial charge in [-0.2, -0.15) is 0 Å². The Kier molecular flexibility index (Phi) is 3.20. The van der Waals surface area contributed by atoms with Gasteiger partial charge < -0.3 is 9.64 Å². The van der Waals surface area contributed by atoms with E-state index >= 15 is 0 Å². The molecule has 0 N–H and O–H groups in total. The van der Waals surface area contributed by atoms with Crippen LogP contribution in [-0.2, 0) is 21.1 Å². The number of amides is 1. The van der Waals surface area contributed by atoms with Crippen LogP contribution in [0.15, 0.2) is 23.1 Å². The summed E-state index contributed by atoms with van der Waals surface area (Å²) in [4.78, 5) is 13.3. The Bertz CT molecular complexity index is 599. The van der Waals surface area contributed by atoms with Gasteiger partial charge in [0.15, 0.2) is 21.9 Å². The summed E-state index contributed by atoms with van der Waals surface area (Å²) >= 11 is 0. The number of nitrogens with zero attached hydrogens (tertiary/aromatic N) is 1. The molecule has 1 unspecified atom stereocenters. The van der Waals surface area contributed by atoms with Crippen LogP contribution in [0.1, 0.15) is 17.4 Å². The van der Waals surface area contributed by atoms with E-state index in [0.717, 1.165) is 11.1 Å². The van der Waals surface area contributed by atoms with Gasteiger partial charge in [-0.1, -0.05) is 6.07 Å². The van der Waals surface area contributed by atoms with Crippen molar-refractivity contribution in [1.29, 1.82) is 0 Å². The second-order valence-corrected chi connectivity index (χ2v) is 6.38. The minimum absolute atomic E-state index is 0.0982. The van der Waals surface area contributed by atoms with Gasteiger partial charge in [0, 0.05) is 25.5 Å². The number of carbonyl (C=O) groups is 1. The normalized spacial score (nSPS) is 18.8. The molecule has 18 heavy (non-hydrogen) atoms. The van der Waals surface area contributed by atoms with Crippen molar-refractivity contribution in [3.63, 3.8) is 0 Å². The van der Waals surface area contributed by atoms with Gasteiger partial charge in [0.05, 0.1) is 4.90 Å². The summed E-state index contributed by atoms with van der Waals surface area (Å²) < 4.78 is 28.3. The number of fused-ring (bicyclic) bond motifs is 1. The number of methoxy groups -OCH3 is 1. The monoisotopic (exact) mass is 267 g/mol.